The molecule has 60 heavy (non-hydrogen) atoms. The lowest BCUT2D eigenvalue weighted by Gasteiger charge is -2.26. The number of furan rings is 2. The number of thiazole rings is 1. The van der Waals surface area contributed by atoms with E-state index in [1.807, 2.05) is 24.3 Å². The standard InChI is InChI=1S/C55H34N2O2S/c1-3-9-35(10-4-1)37-15-17-40(18-16-37)55-56-49-33-48-47-29-23-41(31-51(47)59-53(48)34-54(49)60-55)39-21-26-43(27-22-39)57(42-24-19-38(20-25-42)36-11-5-2-6-12-36)44-28-30-46-45-13-7-8-14-50(45)58-52(46)32-44/h1-34H. The lowest BCUT2D eigenvalue weighted by atomic mass is 10.0. The van der Waals surface area contributed by atoms with E-state index in [1.54, 1.807) is 11.3 Å². The number of rotatable bonds is 7. The lowest BCUT2D eigenvalue weighted by Crippen LogP contribution is -2.09. The van der Waals surface area contributed by atoms with Crippen molar-refractivity contribution in [2.45, 2.75) is 0 Å². The van der Waals surface area contributed by atoms with Crippen LogP contribution in [-0.2, 0) is 0 Å². The number of anilines is 3. The Morgan fingerprint density at radius 1 is 0.333 bits per heavy atom. The summed E-state index contributed by atoms with van der Waals surface area (Å²) in [4.78, 5) is 7.35. The van der Waals surface area contributed by atoms with Crippen molar-refractivity contribution >= 4 is 82.5 Å². The van der Waals surface area contributed by atoms with Crippen LogP contribution in [0.25, 0.3) is 98.0 Å². The maximum atomic E-state index is 6.54. The summed E-state index contributed by atoms with van der Waals surface area (Å²) >= 11 is 1.70. The molecule has 0 amide bonds. The van der Waals surface area contributed by atoms with E-state index in [0.717, 1.165) is 92.9 Å². The molecule has 3 aromatic heterocycles. The van der Waals surface area contributed by atoms with Crippen LogP contribution in [0.1, 0.15) is 0 Å². The third-order valence-corrected chi connectivity index (χ3v) is 12.6. The van der Waals surface area contributed by atoms with E-state index >= 15 is 0 Å². The molecule has 0 radical (unpaired) electrons. The van der Waals surface area contributed by atoms with Crippen molar-refractivity contribution in [2.24, 2.45) is 0 Å². The van der Waals surface area contributed by atoms with E-state index in [9.17, 15) is 0 Å². The van der Waals surface area contributed by atoms with Gasteiger partial charge in [-0.3, -0.25) is 0 Å². The molecule has 0 saturated carbocycles. The SMILES string of the molecule is c1ccc(-c2ccc(-c3nc4cc5c(cc4s3)oc3cc(-c4ccc(N(c6ccc(-c7ccccc7)cc6)c6ccc7c(c6)oc6ccccc67)cc4)ccc35)cc2)cc1. The van der Waals surface area contributed by atoms with Crippen LogP contribution in [-0.4, -0.2) is 4.98 Å². The van der Waals surface area contributed by atoms with E-state index in [0.29, 0.717) is 0 Å². The number of nitrogens with zero attached hydrogens (tertiary/aromatic N) is 2. The Balaban J connectivity index is 0.868. The summed E-state index contributed by atoms with van der Waals surface area (Å²) in [6, 6.07) is 72.7. The molecule has 0 spiro atoms. The van der Waals surface area contributed by atoms with E-state index in [4.69, 9.17) is 13.8 Å². The monoisotopic (exact) mass is 786 g/mol. The zero-order valence-corrected chi connectivity index (χ0v) is 33.1. The summed E-state index contributed by atoms with van der Waals surface area (Å²) in [5.41, 5.74) is 15.7. The molecule has 0 unspecified atom stereocenters. The minimum absolute atomic E-state index is 0.861. The number of fused-ring (bicyclic) bond motifs is 7. The molecule has 0 saturated heterocycles. The zero-order chi connectivity index (χ0) is 39.6. The zero-order valence-electron chi connectivity index (χ0n) is 32.2. The molecule has 9 aromatic carbocycles. The molecule has 0 atom stereocenters. The van der Waals surface area contributed by atoms with Gasteiger partial charge < -0.3 is 13.7 Å². The molecule has 0 N–H and O–H groups in total. The largest absolute Gasteiger partial charge is 0.456 e. The Morgan fingerprint density at radius 2 is 0.800 bits per heavy atom. The van der Waals surface area contributed by atoms with Crippen molar-refractivity contribution < 1.29 is 8.83 Å². The van der Waals surface area contributed by atoms with E-state index in [1.165, 1.54) is 22.3 Å². The van der Waals surface area contributed by atoms with E-state index in [-0.39, 0.29) is 0 Å². The Morgan fingerprint density at radius 3 is 1.50 bits per heavy atom. The quantitative estimate of drug-likeness (QED) is 0.161. The number of aromatic nitrogens is 1. The molecule has 0 bridgehead atoms. The topological polar surface area (TPSA) is 42.4 Å². The Bertz CT molecular complexity index is 3510. The molecule has 0 aliphatic heterocycles. The average molecular weight is 787 g/mol. The molecule has 282 valence electrons. The molecular formula is C55H34N2O2S. The van der Waals surface area contributed by atoms with Gasteiger partial charge in [-0.15, -0.1) is 11.3 Å². The molecule has 5 heteroatoms. The highest BCUT2D eigenvalue weighted by Crippen LogP contribution is 2.42. The van der Waals surface area contributed by atoms with Gasteiger partial charge in [0, 0.05) is 56.3 Å². The predicted molar refractivity (Wildman–Crippen MR) is 251 cm³/mol. The fraction of sp³-hybridized carbons (Fsp3) is 0. The van der Waals surface area contributed by atoms with E-state index < -0.39 is 0 Å². The molecule has 0 aliphatic carbocycles. The summed E-state index contributed by atoms with van der Waals surface area (Å²) in [5, 5.41) is 5.39. The first-order valence-electron chi connectivity index (χ1n) is 20.1. The van der Waals surface area contributed by atoms with Crippen LogP contribution in [0.5, 0.6) is 0 Å². The molecular weight excluding hydrogens is 753 g/mol. The van der Waals surface area contributed by atoms with Gasteiger partial charge in [-0.25, -0.2) is 4.98 Å². The molecule has 0 aliphatic rings. The number of para-hydroxylation sites is 1. The maximum Gasteiger partial charge on any atom is 0.137 e. The van der Waals surface area contributed by atoms with Crippen LogP contribution in [0.15, 0.2) is 215 Å². The summed E-state index contributed by atoms with van der Waals surface area (Å²) in [7, 11) is 0. The summed E-state index contributed by atoms with van der Waals surface area (Å²) in [6.45, 7) is 0. The van der Waals surface area contributed by atoms with Crippen LogP contribution in [0, 0.1) is 0 Å². The van der Waals surface area contributed by atoms with Gasteiger partial charge in [0.2, 0.25) is 0 Å². The van der Waals surface area contributed by atoms with Crippen molar-refractivity contribution in [3.63, 3.8) is 0 Å². The Labute approximate surface area is 349 Å². The van der Waals surface area contributed by atoms with Gasteiger partial charge in [-0.05, 0) is 94.0 Å². The highest BCUT2D eigenvalue weighted by atomic mass is 32.1. The van der Waals surface area contributed by atoms with Crippen LogP contribution in [0.2, 0.25) is 0 Å². The van der Waals surface area contributed by atoms with Crippen molar-refractivity contribution in [3.05, 3.63) is 206 Å². The van der Waals surface area contributed by atoms with Gasteiger partial charge in [0.05, 0.1) is 10.2 Å². The maximum absolute atomic E-state index is 6.54. The Hall–Kier alpha value is -7.73. The summed E-state index contributed by atoms with van der Waals surface area (Å²) < 4.78 is 14.0. The highest BCUT2D eigenvalue weighted by molar-refractivity contribution is 7.21. The van der Waals surface area contributed by atoms with Crippen molar-refractivity contribution in [1.29, 1.82) is 0 Å². The molecule has 12 rings (SSSR count). The summed E-state index contributed by atoms with van der Waals surface area (Å²) in [5.74, 6) is 0. The van der Waals surface area contributed by atoms with Gasteiger partial charge in [-0.2, -0.15) is 0 Å². The predicted octanol–water partition coefficient (Wildman–Crippen LogP) is 16.2. The molecule has 12 aromatic rings. The average Bonchev–Trinajstić information content (AvgIpc) is 4.02. The van der Waals surface area contributed by atoms with Gasteiger partial charge in [-0.1, -0.05) is 133 Å². The number of hydrogen-bond donors (Lipinski definition) is 0. The van der Waals surface area contributed by atoms with Crippen molar-refractivity contribution in [1.82, 2.24) is 4.98 Å². The molecule has 3 heterocycles. The fourth-order valence-corrected chi connectivity index (χ4v) is 9.46. The minimum atomic E-state index is 0.861. The van der Waals surface area contributed by atoms with Gasteiger partial charge in [0.15, 0.2) is 0 Å². The van der Waals surface area contributed by atoms with Gasteiger partial charge in [0.1, 0.15) is 27.3 Å². The van der Waals surface area contributed by atoms with E-state index in [2.05, 4.69) is 187 Å². The first kappa shape index (κ1) is 34.3. The van der Waals surface area contributed by atoms with Crippen LogP contribution >= 0.6 is 11.3 Å². The van der Waals surface area contributed by atoms with Crippen LogP contribution in [0.3, 0.4) is 0 Å². The molecule has 4 nitrogen and oxygen atoms in total. The van der Waals surface area contributed by atoms with Crippen LogP contribution in [0.4, 0.5) is 17.1 Å². The number of benzene rings is 9. The first-order chi connectivity index (χ1) is 29.7. The van der Waals surface area contributed by atoms with Gasteiger partial charge in [0.25, 0.3) is 0 Å². The van der Waals surface area contributed by atoms with Gasteiger partial charge >= 0.3 is 0 Å². The molecule has 0 fully saturated rings. The number of hydrogen-bond acceptors (Lipinski definition) is 5. The normalized spacial score (nSPS) is 11.7. The van der Waals surface area contributed by atoms with Crippen molar-refractivity contribution in [3.8, 4) is 44.0 Å². The lowest BCUT2D eigenvalue weighted by molar-refractivity contribution is 0.669. The minimum Gasteiger partial charge on any atom is -0.456 e. The summed E-state index contributed by atoms with van der Waals surface area (Å²) in [6.07, 6.45) is 0. The van der Waals surface area contributed by atoms with Crippen LogP contribution < -0.4 is 4.90 Å². The smallest absolute Gasteiger partial charge is 0.137 e. The second-order valence-electron chi connectivity index (χ2n) is 15.2. The second kappa shape index (κ2) is 14.0. The fourth-order valence-electron chi connectivity index (χ4n) is 8.47. The first-order valence-corrected chi connectivity index (χ1v) is 20.9. The highest BCUT2D eigenvalue weighted by Gasteiger charge is 2.18. The second-order valence-corrected chi connectivity index (χ2v) is 16.2. The third kappa shape index (κ3) is 5.95. The Kier molecular flexibility index (Phi) is 8.00. The third-order valence-electron chi connectivity index (χ3n) is 11.5. The van der Waals surface area contributed by atoms with Crippen molar-refractivity contribution in [2.75, 3.05) is 4.90 Å².